The van der Waals surface area contributed by atoms with Gasteiger partial charge in [0.2, 0.25) is 0 Å². The number of nitrogens with two attached hydrogens (primary N) is 1. The largest absolute Gasteiger partial charge is 0.497 e. The van der Waals surface area contributed by atoms with Crippen molar-refractivity contribution in [3.8, 4) is 5.75 Å². The van der Waals surface area contributed by atoms with Crippen LogP contribution in [-0.4, -0.2) is 36.8 Å². The van der Waals surface area contributed by atoms with Gasteiger partial charge in [0.15, 0.2) is 0 Å². The van der Waals surface area contributed by atoms with Crippen LogP contribution in [0.5, 0.6) is 5.75 Å². The lowest BCUT2D eigenvalue weighted by Gasteiger charge is -2.20. The predicted octanol–water partition coefficient (Wildman–Crippen LogP) is 4.88. The van der Waals surface area contributed by atoms with Gasteiger partial charge in [0.25, 0.3) is 0 Å². The van der Waals surface area contributed by atoms with Crippen molar-refractivity contribution in [1.29, 1.82) is 0 Å². The molecule has 148 valence electrons. The van der Waals surface area contributed by atoms with Crippen LogP contribution in [0.4, 0.5) is 5.69 Å². The lowest BCUT2D eigenvalue weighted by atomic mass is 9.97. The number of nitrogens with zero attached hydrogens (tertiary/aromatic N) is 3. The zero-order valence-electron chi connectivity index (χ0n) is 16.9. The van der Waals surface area contributed by atoms with Gasteiger partial charge in [-0.25, -0.2) is 10.8 Å². The highest BCUT2D eigenvalue weighted by Crippen LogP contribution is 2.32. The predicted molar refractivity (Wildman–Crippen MR) is 120 cm³/mol. The molecular formula is C22H27BrN4O. The zero-order valence-corrected chi connectivity index (χ0v) is 18.5. The second-order valence-corrected chi connectivity index (χ2v) is 7.88. The molecule has 0 aliphatic carbocycles. The number of benzene rings is 2. The molecule has 3 rings (SSSR count). The van der Waals surface area contributed by atoms with Crippen LogP contribution in [0.25, 0.3) is 0 Å². The average Bonchev–Trinajstić information content (AvgIpc) is 2.84. The van der Waals surface area contributed by atoms with E-state index >= 15 is 0 Å². The summed E-state index contributed by atoms with van der Waals surface area (Å²) in [5, 5.41) is 1.57. The van der Waals surface area contributed by atoms with Crippen LogP contribution in [-0.2, 0) is 6.42 Å². The van der Waals surface area contributed by atoms with Gasteiger partial charge in [-0.3, -0.25) is 10.0 Å². The van der Waals surface area contributed by atoms with Gasteiger partial charge in [-0.1, -0.05) is 36.2 Å². The molecule has 2 aromatic rings. The summed E-state index contributed by atoms with van der Waals surface area (Å²) in [4.78, 5) is 9.98. The normalized spacial score (nSPS) is 16.0. The SMILES string of the molecule is CCCc1cc(OC)cc(C2=NC(CC)C(N(C)N)=Nc3cc(Br)ccc32)c1. The molecule has 0 aromatic heterocycles. The summed E-state index contributed by atoms with van der Waals surface area (Å²) in [5.74, 6) is 7.69. The summed E-state index contributed by atoms with van der Waals surface area (Å²) in [6.45, 7) is 4.28. The Bertz CT molecular complexity index is 921. The number of hydrogen-bond acceptors (Lipinski definition) is 5. The second kappa shape index (κ2) is 8.88. The van der Waals surface area contributed by atoms with Crippen LogP contribution in [0.2, 0.25) is 0 Å². The number of halogens is 1. The van der Waals surface area contributed by atoms with Crippen molar-refractivity contribution in [3.05, 3.63) is 57.6 Å². The van der Waals surface area contributed by atoms with Crippen molar-refractivity contribution < 1.29 is 4.74 Å². The Labute approximate surface area is 175 Å². The molecule has 2 N–H and O–H groups in total. The number of aryl methyl sites for hydroxylation is 1. The van der Waals surface area contributed by atoms with E-state index in [1.54, 1.807) is 12.1 Å². The third-order valence-electron chi connectivity index (χ3n) is 4.80. The van der Waals surface area contributed by atoms with E-state index in [4.69, 9.17) is 20.6 Å². The Kier molecular flexibility index (Phi) is 6.52. The summed E-state index contributed by atoms with van der Waals surface area (Å²) in [6, 6.07) is 12.3. The highest BCUT2D eigenvalue weighted by Gasteiger charge is 2.24. The third kappa shape index (κ3) is 4.28. The summed E-state index contributed by atoms with van der Waals surface area (Å²) < 4.78 is 6.54. The monoisotopic (exact) mass is 442 g/mol. The molecule has 0 amide bonds. The Hall–Kier alpha value is -2.18. The molecule has 0 saturated carbocycles. The van der Waals surface area contributed by atoms with Crippen molar-refractivity contribution in [3.63, 3.8) is 0 Å². The lowest BCUT2D eigenvalue weighted by Crippen LogP contribution is -2.40. The minimum atomic E-state index is -0.114. The molecule has 1 aliphatic heterocycles. The van der Waals surface area contributed by atoms with E-state index in [1.165, 1.54) is 5.56 Å². The molecular weight excluding hydrogens is 416 g/mol. The number of amidine groups is 1. The quantitative estimate of drug-likeness (QED) is 0.530. The molecule has 0 bridgehead atoms. The number of likely N-dealkylation sites (N-methyl/N-ethyl adjacent to an activating group) is 1. The maximum Gasteiger partial charge on any atom is 0.143 e. The second-order valence-electron chi connectivity index (χ2n) is 6.96. The number of fused-ring (bicyclic) bond motifs is 1. The van der Waals surface area contributed by atoms with Gasteiger partial charge in [-0.15, -0.1) is 0 Å². The first-order valence-corrected chi connectivity index (χ1v) is 10.4. The molecule has 1 aliphatic rings. The molecule has 0 fully saturated rings. The number of aliphatic imine (C=N–C) groups is 2. The number of hydrogen-bond donors (Lipinski definition) is 1. The minimum Gasteiger partial charge on any atom is -0.497 e. The molecule has 0 radical (unpaired) electrons. The highest BCUT2D eigenvalue weighted by molar-refractivity contribution is 9.10. The fraction of sp³-hybridized carbons (Fsp3) is 0.364. The van der Waals surface area contributed by atoms with Crippen LogP contribution in [0.15, 0.2) is 50.9 Å². The van der Waals surface area contributed by atoms with E-state index in [0.717, 1.165) is 57.8 Å². The molecule has 28 heavy (non-hydrogen) atoms. The van der Waals surface area contributed by atoms with Crippen molar-refractivity contribution in [2.24, 2.45) is 15.8 Å². The Morgan fingerprint density at radius 2 is 1.96 bits per heavy atom. The van der Waals surface area contributed by atoms with Crippen LogP contribution in [0.3, 0.4) is 0 Å². The molecule has 5 nitrogen and oxygen atoms in total. The molecule has 1 heterocycles. The molecule has 6 heteroatoms. The van der Waals surface area contributed by atoms with Gasteiger partial charge in [-0.2, -0.15) is 0 Å². The summed E-state index contributed by atoms with van der Waals surface area (Å²) in [5.41, 5.74) is 5.06. The molecule has 1 atom stereocenters. The Morgan fingerprint density at radius 1 is 1.18 bits per heavy atom. The molecule has 2 aromatic carbocycles. The van der Waals surface area contributed by atoms with Gasteiger partial charge in [0.1, 0.15) is 17.6 Å². The summed E-state index contributed by atoms with van der Waals surface area (Å²) >= 11 is 3.56. The van der Waals surface area contributed by atoms with Gasteiger partial charge < -0.3 is 4.74 Å². The zero-order chi connectivity index (χ0) is 20.3. The third-order valence-corrected chi connectivity index (χ3v) is 5.29. The standard InChI is InChI=1S/C22H27BrN4O/c1-5-7-14-10-15(12-17(11-14)28-4)21-18-9-8-16(23)13-20(18)26-22(27(3)24)19(6-2)25-21/h8-13,19H,5-7,24H2,1-4H3. The first-order valence-electron chi connectivity index (χ1n) is 9.59. The van der Waals surface area contributed by atoms with E-state index in [0.29, 0.717) is 0 Å². The van der Waals surface area contributed by atoms with E-state index in [-0.39, 0.29) is 6.04 Å². The van der Waals surface area contributed by atoms with Crippen LogP contribution in [0.1, 0.15) is 43.4 Å². The number of methoxy groups -OCH3 is 1. The van der Waals surface area contributed by atoms with Crippen molar-refractivity contribution in [2.45, 2.75) is 39.2 Å². The van der Waals surface area contributed by atoms with E-state index in [1.807, 2.05) is 25.2 Å². The van der Waals surface area contributed by atoms with Crippen molar-refractivity contribution in [2.75, 3.05) is 14.2 Å². The molecule has 0 spiro atoms. The van der Waals surface area contributed by atoms with Crippen molar-refractivity contribution >= 4 is 33.2 Å². The Balaban J connectivity index is 2.24. The van der Waals surface area contributed by atoms with Gasteiger partial charge in [-0.05, 0) is 54.8 Å². The summed E-state index contributed by atoms with van der Waals surface area (Å²) in [7, 11) is 3.51. The smallest absolute Gasteiger partial charge is 0.143 e. The minimum absolute atomic E-state index is 0.114. The number of rotatable bonds is 5. The first-order chi connectivity index (χ1) is 13.5. The van der Waals surface area contributed by atoms with E-state index in [2.05, 4.69) is 48.0 Å². The lowest BCUT2D eigenvalue weighted by molar-refractivity contribution is 0.414. The number of hydrazine groups is 1. The van der Waals surface area contributed by atoms with Gasteiger partial charge >= 0.3 is 0 Å². The fourth-order valence-corrected chi connectivity index (χ4v) is 3.79. The molecule has 1 unspecified atom stereocenters. The maximum absolute atomic E-state index is 6.09. The maximum atomic E-state index is 6.09. The average molecular weight is 443 g/mol. The first kappa shape index (κ1) is 20.6. The van der Waals surface area contributed by atoms with E-state index < -0.39 is 0 Å². The Morgan fingerprint density at radius 3 is 2.61 bits per heavy atom. The van der Waals surface area contributed by atoms with Crippen LogP contribution in [0, 0.1) is 0 Å². The van der Waals surface area contributed by atoms with Crippen LogP contribution < -0.4 is 10.6 Å². The number of ether oxygens (including phenoxy) is 1. The highest BCUT2D eigenvalue weighted by atomic mass is 79.9. The van der Waals surface area contributed by atoms with Gasteiger partial charge in [0.05, 0.1) is 18.5 Å². The van der Waals surface area contributed by atoms with Gasteiger partial charge in [0, 0.05) is 22.6 Å². The molecule has 0 saturated heterocycles. The van der Waals surface area contributed by atoms with Crippen LogP contribution >= 0.6 is 15.9 Å². The fourth-order valence-electron chi connectivity index (χ4n) is 3.44. The summed E-state index contributed by atoms with van der Waals surface area (Å²) in [6.07, 6.45) is 2.88. The van der Waals surface area contributed by atoms with Crippen molar-refractivity contribution in [1.82, 2.24) is 5.01 Å². The van der Waals surface area contributed by atoms with E-state index in [9.17, 15) is 0 Å². The topological polar surface area (TPSA) is 63.2 Å².